The van der Waals surface area contributed by atoms with Crippen LogP contribution in [0.25, 0.3) is 66.1 Å². The number of benzene rings is 6. The standard InChI is InChI=1S/C18H17N3O4.C18H18N2O2.C15H13N/c1-10-13(9-14(19)18(22)23)16-12(11-5-3-2-4-6-11)7-8-15(21(24)25)17(16)20-10;1-11-14(10-15(19)18(21)22)17-13(8-5-9-16(17)20-11)12-6-3-2-4-7-12;1-11-10-14-13(8-5-9-15(14)16-11)12-6-3-2-4-7-12/h2-8,14,20H,9,19H2,1H3,(H,22,23);2-9,15,20H,10,19H2,1H3,(H,21,22);2-10,16H,1H3. The molecule has 0 bridgehead atoms. The lowest BCUT2D eigenvalue weighted by Gasteiger charge is -2.10. The second kappa shape index (κ2) is 18.9. The molecule has 3 aromatic heterocycles. The van der Waals surface area contributed by atoms with E-state index in [2.05, 4.69) is 88.6 Å². The van der Waals surface area contributed by atoms with E-state index in [-0.39, 0.29) is 12.1 Å². The van der Waals surface area contributed by atoms with Crippen molar-refractivity contribution in [3.63, 3.8) is 0 Å². The molecule has 9 N–H and O–H groups in total. The summed E-state index contributed by atoms with van der Waals surface area (Å²) in [5.74, 6) is -2.09. The molecule has 318 valence electrons. The molecule has 0 aliphatic carbocycles. The molecule has 9 aromatic rings. The predicted octanol–water partition coefficient (Wildman–Crippen LogP) is 10.2. The summed E-state index contributed by atoms with van der Waals surface area (Å²) >= 11 is 0. The Labute approximate surface area is 363 Å². The SMILES string of the molecule is Cc1[nH]c2c([N+](=O)[O-])ccc(-c3ccccc3)c2c1CC(N)C(=O)O.Cc1[nH]c2cccc(-c3ccccc3)c2c1CC(N)C(=O)O.Cc1cc2c(-c3ccccc3)cccc2[nH]1. The van der Waals surface area contributed by atoms with Gasteiger partial charge in [-0.05, 0) is 89.5 Å². The maximum absolute atomic E-state index is 11.4. The third-order valence-electron chi connectivity index (χ3n) is 11.1. The van der Waals surface area contributed by atoms with Gasteiger partial charge >= 0.3 is 11.9 Å². The van der Waals surface area contributed by atoms with Crippen LogP contribution in [0.2, 0.25) is 0 Å². The minimum absolute atomic E-state index is 0.0482. The van der Waals surface area contributed by atoms with Crippen LogP contribution in [0.15, 0.2) is 146 Å². The van der Waals surface area contributed by atoms with E-state index in [9.17, 15) is 19.7 Å². The average molecular weight is 841 g/mol. The molecule has 12 heteroatoms. The van der Waals surface area contributed by atoms with E-state index in [0.717, 1.165) is 44.4 Å². The summed E-state index contributed by atoms with van der Waals surface area (Å²) in [5.41, 5.74) is 25.0. The van der Waals surface area contributed by atoms with E-state index in [1.165, 1.54) is 33.8 Å². The highest BCUT2D eigenvalue weighted by molar-refractivity contribution is 6.03. The van der Waals surface area contributed by atoms with Crippen molar-refractivity contribution in [3.05, 3.63) is 184 Å². The Morgan fingerprint density at radius 3 is 1.56 bits per heavy atom. The van der Waals surface area contributed by atoms with Crippen molar-refractivity contribution in [3.8, 4) is 33.4 Å². The highest BCUT2D eigenvalue weighted by Crippen LogP contribution is 2.38. The topological polar surface area (TPSA) is 217 Å². The number of nitrogens with one attached hydrogen (secondary N) is 3. The summed E-state index contributed by atoms with van der Waals surface area (Å²) in [6, 6.07) is 45.9. The van der Waals surface area contributed by atoms with Gasteiger partial charge in [0.05, 0.1) is 4.92 Å². The smallest absolute Gasteiger partial charge is 0.320 e. The molecule has 0 amide bonds. The van der Waals surface area contributed by atoms with Crippen LogP contribution >= 0.6 is 0 Å². The first-order chi connectivity index (χ1) is 30.3. The van der Waals surface area contributed by atoms with Gasteiger partial charge in [-0.3, -0.25) is 19.7 Å². The summed E-state index contributed by atoms with van der Waals surface area (Å²) in [6.07, 6.45) is 0.396. The number of nitrogens with two attached hydrogens (primary N) is 2. The zero-order valence-electron chi connectivity index (χ0n) is 35.1. The second-order valence-electron chi connectivity index (χ2n) is 15.4. The molecule has 12 nitrogen and oxygen atoms in total. The molecule has 6 aromatic carbocycles. The molecule has 0 radical (unpaired) electrons. The molecular weight excluding hydrogens is 793 g/mol. The van der Waals surface area contributed by atoms with E-state index in [1.54, 1.807) is 13.0 Å². The molecular formula is C51H48N6O6. The Hall–Kier alpha value is -7.80. The van der Waals surface area contributed by atoms with E-state index < -0.39 is 28.9 Å². The molecule has 0 saturated carbocycles. The molecule has 63 heavy (non-hydrogen) atoms. The average Bonchev–Trinajstić information content (AvgIpc) is 3.94. The van der Waals surface area contributed by atoms with Crippen molar-refractivity contribution in [1.29, 1.82) is 0 Å². The summed E-state index contributed by atoms with van der Waals surface area (Å²) in [4.78, 5) is 42.9. The first-order valence-corrected chi connectivity index (χ1v) is 20.4. The maximum atomic E-state index is 11.4. The molecule has 0 spiro atoms. The van der Waals surface area contributed by atoms with E-state index in [1.807, 2.05) is 73.7 Å². The number of carbonyl (C=O) groups is 2. The van der Waals surface area contributed by atoms with Crippen molar-refractivity contribution < 1.29 is 24.7 Å². The first kappa shape index (κ1) is 43.3. The second-order valence-corrected chi connectivity index (χ2v) is 15.4. The number of fused-ring (bicyclic) bond motifs is 3. The van der Waals surface area contributed by atoms with Crippen LogP contribution in [0.3, 0.4) is 0 Å². The lowest BCUT2D eigenvalue weighted by Crippen LogP contribution is -2.32. The fraction of sp³-hybridized carbons (Fsp3) is 0.137. The minimum Gasteiger partial charge on any atom is -0.480 e. The van der Waals surface area contributed by atoms with Crippen molar-refractivity contribution in [1.82, 2.24) is 15.0 Å². The molecule has 3 heterocycles. The Kier molecular flexibility index (Phi) is 13.0. The first-order valence-electron chi connectivity index (χ1n) is 20.4. The third kappa shape index (κ3) is 9.42. The van der Waals surface area contributed by atoms with Crippen LogP contribution < -0.4 is 11.5 Å². The van der Waals surface area contributed by atoms with Crippen molar-refractivity contribution >= 4 is 50.3 Å². The van der Waals surface area contributed by atoms with E-state index >= 15 is 0 Å². The Morgan fingerprint density at radius 2 is 1.03 bits per heavy atom. The molecule has 2 unspecified atom stereocenters. The molecule has 0 aliphatic heterocycles. The molecule has 2 atom stereocenters. The van der Waals surface area contributed by atoms with E-state index in [4.69, 9.17) is 21.7 Å². The number of nitrogens with zero attached hydrogens (tertiary/aromatic N) is 1. The normalized spacial score (nSPS) is 12.0. The van der Waals surface area contributed by atoms with Gasteiger partial charge in [0, 0.05) is 63.2 Å². The van der Waals surface area contributed by atoms with Crippen LogP contribution in [0.4, 0.5) is 5.69 Å². The predicted molar refractivity (Wildman–Crippen MR) is 251 cm³/mol. The number of hydrogen-bond donors (Lipinski definition) is 7. The lowest BCUT2D eigenvalue weighted by atomic mass is 9.95. The quantitative estimate of drug-likeness (QED) is 0.0518. The number of rotatable bonds is 10. The van der Waals surface area contributed by atoms with Gasteiger partial charge in [-0.25, -0.2) is 0 Å². The Morgan fingerprint density at radius 1 is 0.571 bits per heavy atom. The highest BCUT2D eigenvalue weighted by atomic mass is 16.6. The molecule has 0 aliphatic rings. The summed E-state index contributed by atoms with van der Waals surface area (Å²) in [6.45, 7) is 5.82. The number of aromatic nitrogens is 3. The fourth-order valence-corrected chi connectivity index (χ4v) is 8.09. The number of aliphatic carboxylic acids is 2. The van der Waals surface area contributed by atoms with Gasteiger partial charge in [0.25, 0.3) is 5.69 Å². The van der Waals surface area contributed by atoms with Crippen LogP contribution in [-0.2, 0) is 22.4 Å². The minimum atomic E-state index is -1.11. The van der Waals surface area contributed by atoms with Gasteiger partial charge in [0.2, 0.25) is 0 Å². The highest BCUT2D eigenvalue weighted by Gasteiger charge is 2.25. The number of non-ortho nitro benzene ring substituents is 1. The van der Waals surface area contributed by atoms with Crippen LogP contribution in [0.1, 0.15) is 28.2 Å². The summed E-state index contributed by atoms with van der Waals surface area (Å²) in [5, 5.41) is 32.6. The van der Waals surface area contributed by atoms with Gasteiger partial charge < -0.3 is 36.6 Å². The van der Waals surface area contributed by atoms with Crippen LogP contribution in [-0.4, -0.2) is 54.1 Å². The zero-order valence-corrected chi connectivity index (χ0v) is 35.1. The van der Waals surface area contributed by atoms with Crippen LogP contribution in [0.5, 0.6) is 0 Å². The number of aryl methyl sites for hydroxylation is 3. The van der Waals surface area contributed by atoms with Crippen LogP contribution in [0, 0.1) is 30.9 Å². The van der Waals surface area contributed by atoms with Gasteiger partial charge in [-0.2, -0.15) is 0 Å². The summed E-state index contributed by atoms with van der Waals surface area (Å²) in [7, 11) is 0. The monoisotopic (exact) mass is 840 g/mol. The largest absolute Gasteiger partial charge is 0.480 e. The lowest BCUT2D eigenvalue weighted by molar-refractivity contribution is -0.383. The fourth-order valence-electron chi connectivity index (χ4n) is 8.09. The molecule has 9 rings (SSSR count). The maximum Gasteiger partial charge on any atom is 0.320 e. The molecule has 0 fully saturated rings. The van der Waals surface area contributed by atoms with Crippen molar-refractivity contribution in [2.24, 2.45) is 11.5 Å². The van der Waals surface area contributed by atoms with Crippen molar-refractivity contribution in [2.45, 2.75) is 45.7 Å². The number of carboxylic acid groups (broad SMARTS) is 2. The number of aromatic amines is 3. The van der Waals surface area contributed by atoms with Gasteiger partial charge in [0.1, 0.15) is 17.6 Å². The Balaban J connectivity index is 0.000000145. The van der Waals surface area contributed by atoms with Crippen molar-refractivity contribution in [2.75, 3.05) is 0 Å². The number of carboxylic acids is 2. The van der Waals surface area contributed by atoms with Gasteiger partial charge in [-0.1, -0.05) is 115 Å². The number of hydrogen-bond acceptors (Lipinski definition) is 6. The summed E-state index contributed by atoms with van der Waals surface area (Å²) < 4.78 is 0. The Bertz CT molecular complexity index is 3060. The van der Waals surface area contributed by atoms with Gasteiger partial charge in [0.15, 0.2) is 0 Å². The van der Waals surface area contributed by atoms with Gasteiger partial charge in [-0.15, -0.1) is 0 Å². The third-order valence-corrected chi connectivity index (χ3v) is 11.1. The van der Waals surface area contributed by atoms with E-state index in [0.29, 0.717) is 28.6 Å². The molecule has 0 saturated heterocycles. The number of H-pyrrole nitrogens is 3. The number of nitro groups is 1. The zero-order chi connectivity index (χ0) is 44.8. The number of nitro benzene ring substituents is 1.